The van der Waals surface area contributed by atoms with Crippen LogP contribution in [-0.4, -0.2) is 43.2 Å². The SMILES string of the molecule is O=C(O)CN1C(=O)C(=Cc2cn(CC(=O)Nc3cc(C(F)(F)F)ccc3Cl)c3ccccc23)SC1=S. The number of carbonyl (C=O) groups excluding carboxylic acids is 2. The van der Waals surface area contributed by atoms with Gasteiger partial charge in [-0.25, -0.2) is 0 Å². The first-order valence-electron chi connectivity index (χ1n) is 10.2. The fourth-order valence-corrected chi connectivity index (χ4v) is 4.99. The Morgan fingerprint density at radius 2 is 1.89 bits per heavy atom. The van der Waals surface area contributed by atoms with E-state index in [4.69, 9.17) is 28.9 Å². The van der Waals surface area contributed by atoms with E-state index in [9.17, 15) is 27.6 Å². The summed E-state index contributed by atoms with van der Waals surface area (Å²) in [7, 11) is 0. The Morgan fingerprint density at radius 1 is 1.17 bits per heavy atom. The van der Waals surface area contributed by atoms with Crippen molar-refractivity contribution < 1.29 is 32.7 Å². The van der Waals surface area contributed by atoms with E-state index in [2.05, 4.69) is 5.32 Å². The Bertz CT molecular complexity index is 1450. The minimum Gasteiger partial charge on any atom is -0.480 e. The van der Waals surface area contributed by atoms with Gasteiger partial charge in [-0.3, -0.25) is 19.3 Å². The molecule has 36 heavy (non-hydrogen) atoms. The van der Waals surface area contributed by atoms with Crippen molar-refractivity contribution in [3.8, 4) is 0 Å². The highest BCUT2D eigenvalue weighted by Gasteiger charge is 2.34. The van der Waals surface area contributed by atoms with Gasteiger partial charge < -0.3 is 15.0 Å². The summed E-state index contributed by atoms with van der Waals surface area (Å²) in [5.41, 5.74) is 0.0905. The molecule has 2 amide bonds. The van der Waals surface area contributed by atoms with Crippen LogP contribution in [0.5, 0.6) is 0 Å². The number of carbonyl (C=O) groups is 3. The second-order valence-corrected chi connectivity index (χ2v) is 9.71. The molecule has 0 atom stereocenters. The summed E-state index contributed by atoms with van der Waals surface area (Å²) < 4.78 is 40.8. The lowest BCUT2D eigenvalue weighted by molar-refractivity contribution is -0.140. The first-order chi connectivity index (χ1) is 16.9. The van der Waals surface area contributed by atoms with E-state index in [1.54, 1.807) is 41.1 Å². The molecule has 0 bridgehead atoms. The van der Waals surface area contributed by atoms with Crippen LogP contribution in [0.25, 0.3) is 17.0 Å². The van der Waals surface area contributed by atoms with Gasteiger partial charge in [0, 0.05) is 22.7 Å². The molecule has 1 saturated heterocycles. The van der Waals surface area contributed by atoms with Crippen molar-refractivity contribution in [3.63, 3.8) is 0 Å². The van der Waals surface area contributed by atoms with Crippen LogP contribution >= 0.6 is 35.6 Å². The molecule has 2 heterocycles. The maximum absolute atomic E-state index is 13.0. The summed E-state index contributed by atoms with van der Waals surface area (Å²) in [4.78, 5) is 37.6. The second-order valence-electron chi connectivity index (χ2n) is 7.63. The van der Waals surface area contributed by atoms with Crippen LogP contribution in [0.15, 0.2) is 53.6 Å². The Hall–Kier alpha value is -3.35. The quantitative estimate of drug-likeness (QED) is 0.320. The van der Waals surface area contributed by atoms with E-state index in [0.29, 0.717) is 16.5 Å². The number of thioether (sulfide) groups is 1. The van der Waals surface area contributed by atoms with Crippen LogP contribution in [-0.2, 0) is 27.1 Å². The number of para-hydroxylation sites is 1. The van der Waals surface area contributed by atoms with Gasteiger partial charge in [0.05, 0.1) is 21.2 Å². The molecule has 2 N–H and O–H groups in total. The van der Waals surface area contributed by atoms with Gasteiger partial charge in [0.2, 0.25) is 5.91 Å². The van der Waals surface area contributed by atoms with Crippen LogP contribution in [0.3, 0.4) is 0 Å². The predicted octanol–water partition coefficient (Wildman–Crippen LogP) is 5.24. The van der Waals surface area contributed by atoms with Gasteiger partial charge in [-0.05, 0) is 30.3 Å². The smallest absolute Gasteiger partial charge is 0.416 e. The Balaban J connectivity index is 1.61. The monoisotopic (exact) mass is 553 g/mol. The van der Waals surface area contributed by atoms with Crippen molar-refractivity contribution >= 4 is 80.4 Å². The van der Waals surface area contributed by atoms with Crippen molar-refractivity contribution in [1.82, 2.24) is 9.47 Å². The van der Waals surface area contributed by atoms with Crippen LogP contribution in [0.4, 0.5) is 18.9 Å². The number of halogens is 4. The van der Waals surface area contributed by atoms with Gasteiger partial charge in [-0.1, -0.05) is 53.8 Å². The molecule has 4 rings (SSSR count). The number of amides is 2. The highest BCUT2D eigenvalue weighted by atomic mass is 35.5. The molecular formula is C23H15ClF3N3O4S2. The van der Waals surface area contributed by atoms with Crippen molar-refractivity contribution in [2.24, 2.45) is 0 Å². The van der Waals surface area contributed by atoms with Gasteiger partial charge >= 0.3 is 12.1 Å². The number of aliphatic carboxylic acids is 1. The number of nitrogens with zero attached hydrogens (tertiary/aromatic N) is 2. The molecule has 1 aliphatic rings. The maximum Gasteiger partial charge on any atom is 0.416 e. The predicted molar refractivity (Wildman–Crippen MR) is 135 cm³/mol. The summed E-state index contributed by atoms with van der Waals surface area (Å²) >= 11 is 12.1. The summed E-state index contributed by atoms with van der Waals surface area (Å²) in [5, 5.41) is 12.1. The summed E-state index contributed by atoms with van der Waals surface area (Å²) in [6, 6.07) is 9.67. The lowest BCUT2D eigenvalue weighted by atomic mass is 10.1. The van der Waals surface area contributed by atoms with Crippen LogP contribution < -0.4 is 5.32 Å². The zero-order valence-corrected chi connectivity index (χ0v) is 20.4. The lowest BCUT2D eigenvalue weighted by Gasteiger charge is -2.12. The maximum atomic E-state index is 13.0. The number of benzene rings is 2. The van der Waals surface area contributed by atoms with Crippen molar-refractivity contribution in [2.45, 2.75) is 12.7 Å². The van der Waals surface area contributed by atoms with E-state index >= 15 is 0 Å². The minimum absolute atomic E-state index is 0.0437. The highest BCUT2D eigenvalue weighted by Crippen LogP contribution is 2.35. The molecule has 1 aliphatic heterocycles. The molecule has 0 radical (unpaired) electrons. The first-order valence-corrected chi connectivity index (χ1v) is 11.8. The first kappa shape index (κ1) is 25.7. The molecule has 0 saturated carbocycles. The van der Waals surface area contributed by atoms with Gasteiger partial charge in [-0.2, -0.15) is 13.2 Å². The average molecular weight is 554 g/mol. The number of fused-ring (bicyclic) bond motifs is 1. The average Bonchev–Trinajstić information content (AvgIpc) is 3.26. The molecular weight excluding hydrogens is 539 g/mol. The van der Waals surface area contributed by atoms with Crippen LogP contribution in [0, 0.1) is 0 Å². The Morgan fingerprint density at radius 3 is 2.58 bits per heavy atom. The second kappa shape index (κ2) is 9.96. The normalized spacial score (nSPS) is 15.2. The standard InChI is InChI=1S/C23H15ClF3N3O4S2/c24-15-6-5-13(23(25,26)27)8-16(15)28-19(31)10-29-9-12(14-3-1-2-4-17(14)29)7-18-21(34)30(11-20(32)33)22(35)36-18/h1-9H,10-11H2,(H,28,31)(H,32,33). The van der Waals surface area contributed by atoms with E-state index < -0.39 is 36.1 Å². The number of carboxylic acids is 1. The Labute approximate surface area is 216 Å². The third-order valence-corrected chi connectivity index (χ3v) is 6.86. The molecule has 2 aromatic carbocycles. The fourth-order valence-electron chi connectivity index (χ4n) is 3.58. The number of nitrogens with one attached hydrogen (secondary N) is 1. The number of hydrogen-bond donors (Lipinski definition) is 2. The highest BCUT2D eigenvalue weighted by molar-refractivity contribution is 8.26. The topological polar surface area (TPSA) is 91.6 Å². The minimum atomic E-state index is -4.60. The fraction of sp³-hybridized carbons (Fsp3) is 0.130. The molecule has 0 unspecified atom stereocenters. The van der Waals surface area contributed by atoms with Crippen molar-refractivity contribution in [1.29, 1.82) is 0 Å². The number of carboxylic acid groups (broad SMARTS) is 1. The number of alkyl halides is 3. The van der Waals surface area contributed by atoms with E-state index in [-0.39, 0.29) is 26.5 Å². The van der Waals surface area contributed by atoms with Gasteiger partial charge in [-0.15, -0.1) is 0 Å². The number of aromatic nitrogens is 1. The number of thiocarbonyl (C=S) groups is 1. The Kier molecular flexibility index (Phi) is 7.12. The lowest BCUT2D eigenvalue weighted by Crippen LogP contribution is -2.33. The summed E-state index contributed by atoms with van der Waals surface area (Å²) in [6.07, 6.45) is -1.43. The van der Waals surface area contributed by atoms with Crippen LogP contribution in [0.2, 0.25) is 5.02 Å². The van der Waals surface area contributed by atoms with Gasteiger partial charge in [0.15, 0.2) is 0 Å². The summed E-state index contributed by atoms with van der Waals surface area (Å²) in [6.45, 7) is -0.803. The van der Waals surface area contributed by atoms with Crippen LogP contribution in [0.1, 0.15) is 11.1 Å². The molecule has 0 aliphatic carbocycles. The largest absolute Gasteiger partial charge is 0.480 e. The van der Waals surface area contributed by atoms with E-state index in [1.165, 1.54) is 0 Å². The third kappa shape index (κ3) is 5.40. The van der Waals surface area contributed by atoms with Gasteiger partial charge in [0.25, 0.3) is 5.91 Å². The van der Waals surface area contributed by atoms with Crippen molar-refractivity contribution in [2.75, 3.05) is 11.9 Å². The molecule has 186 valence electrons. The molecule has 7 nitrogen and oxygen atoms in total. The van der Waals surface area contributed by atoms with Gasteiger partial charge in [0.1, 0.15) is 17.4 Å². The molecule has 1 aromatic heterocycles. The molecule has 1 fully saturated rings. The number of rotatable bonds is 6. The number of hydrogen-bond acceptors (Lipinski definition) is 5. The van der Waals surface area contributed by atoms with E-state index in [1.807, 2.05) is 0 Å². The van der Waals surface area contributed by atoms with E-state index in [0.717, 1.165) is 34.9 Å². The summed E-state index contributed by atoms with van der Waals surface area (Å²) in [5.74, 6) is -2.35. The third-order valence-electron chi connectivity index (χ3n) is 5.15. The molecule has 3 aromatic rings. The zero-order chi connectivity index (χ0) is 26.2. The molecule has 0 spiro atoms. The van der Waals surface area contributed by atoms with Crippen molar-refractivity contribution in [3.05, 3.63) is 69.7 Å². The number of anilines is 1. The zero-order valence-electron chi connectivity index (χ0n) is 18.0. The molecule has 13 heteroatoms.